The molecule has 0 saturated carbocycles. The van der Waals surface area contributed by atoms with Crippen molar-refractivity contribution in [2.45, 2.75) is 122 Å². The van der Waals surface area contributed by atoms with Crippen molar-refractivity contribution < 1.29 is 23.6 Å². The van der Waals surface area contributed by atoms with E-state index in [0.29, 0.717) is 11.7 Å². The molecule has 2 atom stereocenters. The zero-order valence-electron chi connectivity index (χ0n) is 24.5. The second-order valence-electron chi connectivity index (χ2n) is 12.6. The molecular weight excluding hydrogens is 503 g/mol. The number of hydrogen-bond donors (Lipinski definition) is 1. The van der Waals surface area contributed by atoms with Gasteiger partial charge in [-0.2, -0.15) is 0 Å². The molecule has 0 bridgehead atoms. The zero-order valence-corrected chi connectivity index (χ0v) is 25.3. The Hall–Kier alpha value is -1.85. The summed E-state index contributed by atoms with van der Waals surface area (Å²) in [7, 11) is -0.482. The minimum atomic E-state index is -0.621. The Morgan fingerprint density at radius 2 is 1.76 bits per heavy atom. The highest BCUT2D eigenvalue weighted by atomic mass is 32.2. The van der Waals surface area contributed by atoms with E-state index in [1.54, 1.807) is 24.2 Å². The van der Waals surface area contributed by atoms with Crippen LogP contribution in [0.2, 0.25) is 0 Å². The van der Waals surface area contributed by atoms with Crippen LogP contribution in [0.5, 0.6) is 0 Å². The first-order valence-electron chi connectivity index (χ1n) is 13.7. The van der Waals surface area contributed by atoms with Gasteiger partial charge in [0.15, 0.2) is 5.16 Å². The molecule has 3 rings (SSSR count). The Bertz CT molecular complexity index is 951. The fraction of sp³-hybridized carbons (Fsp3) is 0.778. The molecule has 212 valence electrons. The van der Waals surface area contributed by atoms with Crippen LogP contribution in [0.4, 0.5) is 4.79 Å². The molecule has 9 nitrogen and oxygen atoms in total. The first-order chi connectivity index (χ1) is 17.6. The number of carbonyl (C=O) groups excluding carboxylic acids is 2. The summed E-state index contributed by atoms with van der Waals surface area (Å²) in [6.07, 6.45) is 6.81. The van der Waals surface area contributed by atoms with Gasteiger partial charge in [0, 0.05) is 36.2 Å². The van der Waals surface area contributed by atoms with Gasteiger partial charge in [0.2, 0.25) is 5.91 Å². The van der Waals surface area contributed by atoms with Crippen molar-refractivity contribution in [1.29, 1.82) is 0 Å². The number of nitrogens with zero attached hydrogens (tertiary/aromatic N) is 3. The van der Waals surface area contributed by atoms with Gasteiger partial charge in [-0.05, 0) is 80.1 Å². The van der Waals surface area contributed by atoms with Crippen molar-refractivity contribution in [2.75, 3.05) is 12.3 Å². The summed E-state index contributed by atoms with van der Waals surface area (Å²) >= 11 is 1.58. The maximum Gasteiger partial charge on any atom is 0.498 e. The number of thioether (sulfide) groups is 1. The summed E-state index contributed by atoms with van der Waals surface area (Å²) in [4.78, 5) is 36.9. The molecule has 1 N–H and O–H groups in total. The molecule has 2 fully saturated rings. The minimum Gasteiger partial charge on any atom is -0.444 e. The van der Waals surface area contributed by atoms with E-state index in [2.05, 4.69) is 15.3 Å². The van der Waals surface area contributed by atoms with Crippen molar-refractivity contribution in [3.05, 3.63) is 12.4 Å². The molecule has 1 aromatic rings. The molecule has 1 aromatic heterocycles. The summed E-state index contributed by atoms with van der Waals surface area (Å²) in [6, 6.07) is -0.501. The van der Waals surface area contributed by atoms with E-state index in [-0.39, 0.29) is 17.9 Å². The number of amides is 2. The lowest BCUT2D eigenvalue weighted by Crippen LogP contribution is -2.55. The van der Waals surface area contributed by atoms with Gasteiger partial charge in [-0.1, -0.05) is 25.6 Å². The summed E-state index contributed by atoms with van der Waals surface area (Å²) in [5.74, 6) is 0.697. The lowest BCUT2D eigenvalue weighted by atomic mass is 9.81. The van der Waals surface area contributed by atoms with Crippen LogP contribution in [0.3, 0.4) is 0 Å². The van der Waals surface area contributed by atoms with Gasteiger partial charge in [0.05, 0.1) is 11.2 Å². The summed E-state index contributed by atoms with van der Waals surface area (Å²) in [5, 5.41) is 3.50. The molecule has 11 heteroatoms. The molecule has 0 aliphatic carbocycles. The largest absolute Gasteiger partial charge is 0.498 e. The molecule has 2 aliphatic heterocycles. The topological polar surface area (TPSA) is 103 Å². The van der Waals surface area contributed by atoms with Crippen LogP contribution in [0.1, 0.15) is 88.0 Å². The SMILES string of the molecule is CC(C)[C@@H](NC(=O)OC(C)(C)C)C(=O)N1CCCC[C@H]1CCSc1ncc(B2OC(C)(C)C(C)(C)O2)cn1. The highest BCUT2D eigenvalue weighted by molar-refractivity contribution is 7.99. The van der Waals surface area contributed by atoms with Crippen LogP contribution < -0.4 is 10.8 Å². The van der Waals surface area contributed by atoms with E-state index in [1.807, 2.05) is 67.2 Å². The number of hydrogen-bond acceptors (Lipinski definition) is 8. The smallest absolute Gasteiger partial charge is 0.444 e. The first kappa shape index (κ1) is 30.7. The average molecular weight is 549 g/mol. The standard InChI is InChI=1S/C27H45BN4O5S/c1-18(2)21(31-24(34)35-25(3,4)5)22(33)32-14-11-10-12-20(32)13-15-38-23-29-16-19(17-30-23)28-36-26(6,7)27(8,9)37-28/h16-18,20-21H,10-15H2,1-9H3,(H,31,34)/t20-,21+/m0/s1. The second kappa shape index (κ2) is 12.1. The summed E-state index contributed by atoms with van der Waals surface area (Å²) < 4.78 is 17.6. The molecule has 0 unspecified atom stereocenters. The quantitative estimate of drug-likeness (QED) is 0.293. The van der Waals surface area contributed by atoms with Gasteiger partial charge in [-0.3, -0.25) is 4.79 Å². The second-order valence-corrected chi connectivity index (χ2v) is 13.6. The first-order valence-corrected chi connectivity index (χ1v) is 14.7. The van der Waals surface area contributed by atoms with Gasteiger partial charge >= 0.3 is 13.2 Å². The molecule has 0 aromatic carbocycles. The predicted octanol–water partition coefficient (Wildman–Crippen LogP) is 4.19. The van der Waals surface area contributed by atoms with Crippen LogP contribution in [0.25, 0.3) is 0 Å². The number of likely N-dealkylation sites (tertiary alicyclic amines) is 1. The van der Waals surface area contributed by atoms with Gasteiger partial charge < -0.3 is 24.3 Å². The Morgan fingerprint density at radius 3 is 2.32 bits per heavy atom. The lowest BCUT2D eigenvalue weighted by Gasteiger charge is -2.39. The van der Waals surface area contributed by atoms with Crippen molar-refractivity contribution in [1.82, 2.24) is 20.2 Å². The lowest BCUT2D eigenvalue weighted by molar-refractivity contribution is -0.138. The van der Waals surface area contributed by atoms with Crippen LogP contribution in [0.15, 0.2) is 17.6 Å². The summed E-state index contributed by atoms with van der Waals surface area (Å²) in [5.41, 5.74) is -0.643. The highest BCUT2D eigenvalue weighted by Gasteiger charge is 2.52. The molecule has 2 saturated heterocycles. The fourth-order valence-corrected chi connectivity index (χ4v) is 5.33. The Kier molecular flexibility index (Phi) is 9.79. The monoisotopic (exact) mass is 548 g/mol. The van der Waals surface area contributed by atoms with Crippen molar-refractivity contribution in [3.63, 3.8) is 0 Å². The predicted molar refractivity (Wildman–Crippen MR) is 150 cm³/mol. The number of piperidine rings is 1. The van der Waals surface area contributed by atoms with E-state index in [9.17, 15) is 9.59 Å². The molecule has 3 heterocycles. The maximum absolute atomic E-state index is 13.5. The molecule has 0 radical (unpaired) electrons. The maximum atomic E-state index is 13.5. The Morgan fingerprint density at radius 1 is 1.16 bits per heavy atom. The number of nitrogens with one attached hydrogen (secondary N) is 1. The number of carbonyl (C=O) groups is 2. The Balaban J connectivity index is 1.56. The normalized spacial score (nSPS) is 21.9. The van der Waals surface area contributed by atoms with E-state index >= 15 is 0 Å². The molecular formula is C27H45BN4O5S. The Labute approximate surface area is 232 Å². The fourth-order valence-electron chi connectivity index (χ4n) is 4.51. The van der Waals surface area contributed by atoms with E-state index < -0.39 is 36.1 Å². The van der Waals surface area contributed by atoms with Gasteiger partial charge in [0.1, 0.15) is 11.6 Å². The third kappa shape index (κ3) is 7.85. The molecule has 2 amide bonds. The third-order valence-electron chi connectivity index (χ3n) is 7.37. The van der Waals surface area contributed by atoms with Crippen LogP contribution in [-0.2, 0) is 18.8 Å². The number of alkyl carbamates (subject to hydrolysis) is 1. The highest BCUT2D eigenvalue weighted by Crippen LogP contribution is 2.36. The number of rotatable bonds is 8. The molecule has 0 spiro atoms. The van der Waals surface area contributed by atoms with Crippen LogP contribution >= 0.6 is 11.8 Å². The average Bonchev–Trinajstić information content (AvgIpc) is 3.03. The van der Waals surface area contributed by atoms with Crippen molar-refractivity contribution in [3.8, 4) is 0 Å². The molecule has 2 aliphatic rings. The van der Waals surface area contributed by atoms with Crippen molar-refractivity contribution >= 4 is 36.3 Å². The van der Waals surface area contributed by atoms with Gasteiger partial charge in [-0.25, -0.2) is 14.8 Å². The van der Waals surface area contributed by atoms with Crippen molar-refractivity contribution in [2.24, 2.45) is 5.92 Å². The molecule has 38 heavy (non-hydrogen) atoms. The number of ether oxygens (including phenoxy) is 1. The van der Waals surface area contributed by atoms with E-state index in [0.717, 1.165) is 36.9 Å². The van der Waals surface area contributed by atoms with Crippen LogP contribution in [-0.4, -0.2) is 75.2 Å². The van der Waals surface area contributed by atoms with Gasteiger partial charge in [0.25, 0.3) is 0 Å². The van der Waals surface area contributed by atoms with E-state index in [1.165, 1.54) is 0 Å². The van der Waals surface area contributed by atoms with Gasteiger partial charge in [-0.15, -0.1) is 0 Å². The zero-order chi connectivity index (χ0) is 28.3. The minimum absolute atomic E-state index is 0.0384. The summed E-state index contributed by atoms with van der Waals surface area (Å²) in [6.45, 7) is 18.1. The number of aromatic nitrogens is 2. The van der Waals surface area contributed by atoms with Crippen LogP contribution in [0, 0.1) is 5.92 Å². The third-order valence-corrected chi connectivity index (χ3v) is 8.28. The van der Waals surface area contributed by atoms with E-state index in [4.69, 9.17) is 14.0 Å².